The standard InChI is InChI=1S/C11H14N2O/c1-3-10-6-11-9(7-14)5-4-8(2)13(11)12-10/h4-6,14H,3,7H2,1-2H3. The SMILES string of the molecule is CCc1cc2c(CO)ccc(C)n2n1. The lowest BCUT2D eigenvalue weighted by atomic mass is 10.2. The van der Waals surface area contributed by atoms with Gasteiger partial charge in [0.15, 0.2) is 0 Å². The van der Waals surface area contributed by atoms with E-state index in [1.54, 1.807) is 0 Å². The molecule has 3 heteroatoms. The van der Waals surface area contributed by atoms with Crippen LogP contribution in [0.2, 0.25) is 0 Å². The molecule has 0 aliphatic carbocycles. The largest absolute Gasteiger partial charge is 0.392 e. The van der Waals surface area contributed by atoms with E-state index in [1.165, 1.54) is 0 Å². The van der Waals surface area contributed by atoms with Gasteiger partial charge in [-0.25, -0.2) is 4.52 Å². The highest BCUT2D eigenvalue weighted by Gasteiger charge is 2.05. The molecular weight excluding hydrogens is 176 g/mol. The first-order valence-electron chi connectivity index (χ1n) is 4.84. The minimum atomic E-state index is 0.0681. The van der Waals surface area contributed by atoms with Gasteiger partial charge in [-0.05, 0) is 25.5 Å². The third kappa shape index (κ3) is 1.30. The smallest absolute Gasteiger partial charge is 0.0722 e. The quantitative estimate of drug-likeness (QED) is 0.782. The zero-order valence-corrected chi connectivity index (χ0v) is 8.49. The Morgan fingerprint density at radius 2 is 2.21 bits per heavy atom. The number of aliphatic hydroxyl groups excluding tert-OH is 1. The minimum absolute atomic E-state index is 0.0681. The lowest BCUT2D eigenvalue weighted by Gasteiger charge is -2.02. The highest BCUT2D eigenvalue weighted by atomic mass is 16.3. The van der Waals surface area contributed by atoms with E-state index >= 15 is 0 Å². The second kappa shape index (κ2) is 3.42. The van der Waals surface area contributed by atoms with Crippen LogP contribution in [-0.2, 0) is 13.0 Å². The van der Waals surface area contributed by atoms with Crippen molar-refractivity contribution in [2.75, 3.05) is 0 Å². The molecule has 2 rings (SSSR count). The molecule has 2 aromatic rings. The molecule has 0 saturated carbocycles. The summed E-state index contributed by atoms with van der Waals surface area (Å²) in [5.74, 6) is 0. The summed E-state index contributed by atoms with van der Waals surface area (Å²) in [7, 11) is 0. The predicted octanol–water partition coefficient (Wildman–Crippen LogP) is 1.70. The maximum absolute atomic E-state index is 9.17. The first-order chi connectivity index (χ1) is 6.76. The molecule has 0 aliphatic heterocycles. The first-order valence-corrected chi connectivity index (χ1v) is 4.84. The van der Waals surface area contributed by atoms with Crippen LogP contribution in [0.5, 0.6) is 0 Å². The third-order valence-electron chi connectivity index (χ3n) is 2.48. The van der Waals surface area contributed by atoms with Crippen LogP contribution in [0, 0.1) is 6.92 Å². The second-order valence-electron chi connectivity index (χ2n) is 3.44. The number of nitrogens with zero attached hydrogens (tertiary/aromatic N) is 2. The monoisotopic (exact) mass is 190 g/mol. The fourth-order valence-corrected chi connectivity index (χ4v) is 1.61. The molecule has 0 aliphatic rings. The van der Waals surface area contributed by atoms with Gasteiger partial charge in [-0.3, -0.25) is 0 Å². The summed E-state index contributed by atoms with van der Waals surface area (Å²) in [5.41, 5.74) is 4.11. The van der Waals surface area contributed by atoms with Crippen LogP contribution < -0.4 is 0 Å². The van der Waals surface area contributed by atoms with Gasteiger partial charge in [0.05, 0.1) is 17.8 Å². The van der Waals surface area contributed by atoms with E-state index in [0.717, 1.165) is 28.9 Å². The van der Waals surface area contributed by atoms with E-state index in [4.69, 9.17) is 5.11 Å². The van der Waals surface area contributed by atoms with Crippen molar-refractivity contribution in [3.05, 3.63) is 35.2 Å². The normalized spacial score (nSPS) is 11.1. The van der Waals surface area contributed by atoms with Crippen LogP contribution in [0.15, 0.2) is 18.2 Å². The van der Waals surface area contributed by atoms with E-state index < -0.39 is 0 Å². The van der Waals surface area contributed by atoms with Crippen molar-refractivity contribution in [1.29, 1.82) is 0 Å². The number of aryl methyl sites for hydroxylation is 2. The van der Waals surface area contributed by atoms with Crippen molar-refractivity contribution in [2.24, 2.45) is 0 Å². The number of rotatable bonds is 2. The van der Waals surface area contributed by atoms with Crippen LogP contribution in [0.1, 0.15) is 23.9 Å². The number of fused-ring (bicyclic) bond motifs is 1. The Bertz CT molecular complexity index is 460. The van der Waals surface area contributed by atoms with Gasteiger partial charge < -0.3 is 5.11 Å². The van der Waals surface area contributed by atoms with Gasteiger partial charge in [-0.1, -0.05) is 13.0 Å². The van der Waals surface area contributed by atoms with Gasteiger partial charge >= 0.3 is 0 Å². The van der Waals surface area contributed by atoms with Crippen molar-refractivity contribution < 1.29 is 5.11 Å². The molecule has 2 aromatic heterocycles. The molecule has 14 heavy (non-hydrogen) atoms. The molecule has 3 nitrogen and oxygen atoms in total. The van der Waals surface area contributed by atoms with E-state index in [0.29, 0.717) is 0 Å². The van der Waals surface area contributed by atoms with Gasteiger partial charge in [-0.15, -0.1) is 0 Å². The first kappa shape index (κ1) is 9.21. The van der Waals surface area contributed by atoms with Crippen LogP contribution in [0.25, 0.3) is 5.52 Å². The molecule has 74 valence electrons. The van der Waals surface area contributed by atoms with E-state index in [-0.39, 0.29) is 6.61 Å². The summed E-state index contributed by atoms with van der Waals surface area (Å²) in [6.45, 7) is 4.16. The zero-order chi connectivity index (χ0) is 10.1. The van der Waals surface area contributed by atoms with E-state index in [2.05, 4.69) is 12.0 Å². The van der Waals surface area contributed by atoms with Crippen LogP contribution in [-0.4, -0.2) is 14.7 Å². The average Bonchev–Trinajstić information content (AvgIpc) is 2.63. The summed E-state index contributed by atoms with van der Waals surface area (Å²) >= 11 is 0. The minimum Gasteiger partial charge on any atom is -0.392 e. The summed E-state index contributed by atoms with van der Waals surface area (Å²) in [6.07, 6.45) is 0.923. The number of aromatic nitrogens is 2. The van der Waals surface area contributed by atoms with Crippen molar-refractivity contribution in [2.45, 2.75) is 26.9 Å². The second-order valence-corrected chi connectivity index (χ2v) is 3.44. The fourth-order valence-electron chi connectivity index (χ4n) is 1.61. The van der Waals surface area contributed by atoms with Gasteiger partial charge in [0.1, 0.15) is 0 Å². The molecule has 0 spiro atoms. The Morgan fingerprint density at radius 1 is 1.43 bits per heavy atom. The molecule has 0 bridgehead atoms. The molecule has 1 N–H and O–H groups in total. The van der Waals surface area contributed by atoms with Crippen LogP contribution in [0.4, 0.5) is 0 Å². The predicted molar refractivity (Wildman–Crippen MR) is 55.2 cm³/mol. The van der Waals surface area contributed by atoms with E-state index in [1.807, 2.05) is 29.6 Å². The van der Waals surface area contributed by atoms with Gasteiger partial charge in [0.2, 0.25) is 0 Å². The molecule has 0 amide bonds. The molecule has 0 saturated heterocycles. The Hall–Kier alpha value is -1.35. The Labute approximate surface area is 83.0 Å². The summed E-state index contributed by atoms with van der Waals surface area (Å²) in [6, 6.07) is 5.97. The maximum Gasteiger partial charge on any atom is 0.0722 e. The van der Waals surface area contributed by atoms with Crippen molar-refractivity contribution >= 4 is 5.52 Å². The Balaban J connectivity index is 2.74. The van der Waals surface area contributed by atoms with Crippen molar-refractivity contribution in [3.8, 4) is 0 Å². The molecule has 0 aromatic carbocycles. The lowest BCUT2D eigenvalue weighted by Crippen LogP contribution is -1.97. The molecule has 0 fully saturated rings. The van der Waals surface area contributed by atoms with E-state index in [9.17, 15) is 0 Å². The van der Waals surface area contributed by atoms with Crippen LogP contribution in [0.3, 0.4) is 0 Å². The highest BCUT2D eigenvalue weighted by Crippen LogP contribution is 2.15. The lowest BCUT2D eigenvalue weighted by molar-refractivity contribution is 0.283. The zero-order valence-electron chi connectivity index (χ0n) is 8.49. The molecule has 0 unspecified atom stereocenters. The maximum atomic E-state index is 9.17. The molecular formula is C11H14N2O. The summed E-state index contributed by atoms with van der Waals surface area (Å²) in [5, 5.41) is 13.6. The van der Waals surface area contributed by atoms with Gasteiger partial charge in [0, 0.05) is 11.3 Å². The fraction of sp³-hybridized carbons (Fsp3) is 0.364. The highest BCUT2D eigenvalue weighted by molar-refractivity contribution is 5.56. The van der Waals surface area contributed by atoms with Gasteiger partial charge in [-0.2, -0.15) is 5.10 Å². The number of hydrogen-bond donors (Lipinski definition) is 1. The Kier molecular flexibility index (Phi) is 2.25. The van der Waals surface area contributed by atoms with Crippen LogP contribution >= 0.6 is 0 Å². The number of hydrogen-bond acceptors (Lipinski definition) is 2. The van der Waals surface area contributed by atoms with Gasteiger partial charge in [0.25, 0.3) is 0 Å². The average molecular weight is 190 g/mol. The summed E-state index contributed by atoms with van der Waals surface area (Å²) in [4.78, 5) is 0. The number of aliphatic hydroxyl groups is 1. The summed E-state index contributed by atoms with van der Waals surface area (Å²) < 4.78 is 1.89. The topological polar surface area (TPSA) is 37.5 Å². The van der Waals surface area contributed by atoms with Crippen molar-refractivity contribution in [1.82, 2.24) is 9.61 Å². The third-order valence-corrected chi connectivity index (χ3v) is 2.48. The molecule has 2 heterocycles. The molecule has 0 radical (unpaired) electrons. The Morgan fingerprint density at radius 3 is 2.86 bits per heavy atom. The van der Waals surface area contributed by atoms with Crippen molar-refractivity contribution in [3.63, 3.8) is 0 Å². The number of pyridine rings is 1. The molecule has 0 atom stereocenters.